The van der Waals surface area contributed by atoms with Crippen molar-refractivity contribution in [3.8, 4) is 0 Å². The van der Waals surface area contributed by atoms with Crippen LogP contribution in [-0.4, -0.2) is 60.8 Å². The van der Waals surface area contributed by atoms with Gasteiger partial charge in [0.05, 0.1) is 10.6 Å². The van der Waals surface area contributed by atoms with E-state index in [1.807, 2.05) is 4.90 Å². The highest BCUT2D eigenvalue weighted by atomic mass is 32.2. The number of hydrogen-bond donors (Lipinski definition) is 1. The molecule has 0 aliphatic carbocycles. The molecule has 23 heavy (non-hydrogen) atoms. The van der Waals surface area contributed by atoms with Crippen LogP contribution >= 0.6 is 24.0 Å². The van der Waals surface area contributed by atoms with Crippen LogP contribution in [0.4, 0.5) is 5.69 Å². The van der Waals surface area contributed by atoms with Crippen molar-refractivity contribution in [2.24, 2.45) is 4.99 Å². The smallest absolute Gasteiger partial charge is 0.242 e. The second kappa shape index (κ2) is 7.16. The monoisotopic (exact) mass is 372 g/mol. The molecule has 9 heteroatoms. The summed E-state index contributed by atoms with van der Waals surface area (Å²) in [6, 6.07) is 6.62. The Hall–Kier alpha value is -1.16. The standard InChI is InChI=1S/C14H20N4O2S3/c1-10-9-18(13(21)15-2)14(22-10)16-11-6-5-7-12(8-11)23(19,20)17(3)4/h5-8,10H,9H2,1-4H3,(H,15,21)/t10-/m1/s1. The van der Waals surface area contributed by atoms with E-state index in [1.54, 1.807) is 43.1 Å². The maximum absolute atomic E-state index is 12.2. The van der Waals surface area contributed by atoms with E-state index in [4.69, 9.17) is 12.2 Å². The lowest BCUT2D eigenvalue weighted by molar-refractivity contribution is 0.521. The van der Waals surface area contributed by atoms with E-state index < -0.39 is 10.0 Å². The van der Waals surface area contributed by atoms with Gasteiger partial charge in [0.15, 0.2) is 10.3 Å². The molecule has 1 aliphatic heterocycles. The fourth-order valence-electron chi connectivity index (χ4n) is 2.04. The van der Waals surface area contributed by atoms with Gasteiger partial charge in [-0.3, -0.25) is 4.90 Å². The van der Waals surface area contributed by atoms with Crippen LogP contribution in [0.3, 0.4) is 0 Å². The number of thioether (sulfide) groups is 1. The number of thiocarbonyl (C=S) groups is 1. The summed E-state index contributed by atoms with van der Waals surface area (Å²) in [7, 11) is 1.32. The molecule has 1 saturated heterocycles. The average molecular weight is 373 g/mol. The van der Waals surface area contributed by atoms with E-state index in [0.717, 1.165) is 11.7 Å². The molecule has 1 atom stereocenters. The number of nitrogens with one attached hydrogen (secondary N) is 1. The molecule has 1 aromatic rings. The first-order valence-electron chi connectivity index (χ1n) is 7.03. The fourth-order valence-corrected chi connectivity index (χ4v) is 4.24. The van der Waals surface area contributed by atoms with Crippen LogP contribution in [0.2, 0.25) is 0 Å². The van der Waals surface area contributed by atoms with Crippen molar-refractivity contribution in [3.63, 3.8) is 0 Å². The van der Waals surface area contributed by atoms with E-state index in [0.29, 0.717) is 16.0 Å². The zero-order valence-electron chi connectivity index (χ0n) is 13.5. The molecule has 0 bridgehead atoms. The van der Waals surface area contributed by atoms with Crippen LogP contribution in [0.1, 0.15) is 6.92 Å². The summed E-state index contributed by atoms with van der Waals surface area (Å²) < 4.78 is 25.6. The highest BCUT2D eigenvalue weighted by Gasteiger charge is 2.28. The maximum Gasteiger partial charge on any atom is 0.242 e. The predicted molar refractivity (Wildman–Crippen MR) is 99.8 cm³/mol. The molecule has 2 rings (SSSR count). The lowest BCUT2D eigenvalue weighted by Crippen LogP contribution is -2.38. The van der Waals surface area contributed by atoms with Crippen molar-refractivity contribution < 1.29 is 8.42 Å². The van der Waals surface area contributed by atoms with Gasteiger partial charge < -0.3 is 5.32 Å². The number of rotatable bonds is 3. The largest absolute Gasteiger partial charge is 0.365 e. The van der Waals surface area contributed by atoms with E-state index in [-0.39, 0.29) is 4.90 Å². The summed E-state index contributed by atoms with van der Waals surface area (Å²) in [6.45, 7) is 2.88. The van der Waals surface area contributed by atoms with E-state index >= 15 is 0 Å². The van der Waals surface area contributed by atoms with Gasteiger partial charge >= 0.3 is 0 Å². The van der Waals surface area contributed by atoms with Crippen LogP contribution in [-0.2, 0) is 10.0 Å². The van der Waals surface area contributed by atoms with Crippen LogP contribution < -0.4 is 5.32 Å². The fraction of sp³-hybridized carbons (Fsp3) is 0.429. The summed E-state index contributed by atoms with van der Waals surface area (Å²) >= 11 is 6.92. The van der Waals surface area contributed by atoms with Crippen molar-refractivity contribution in [2.75, 3.05) is 27.7 Å². The van der Waals surface area contributed by atoms with E-state index in [2.05, 4.69) is 17.2 Å². The molecule has 6 nitrogen and oxygen atoms in total. The minimum absolute atomic E-state index is 0.225. The molecule has 0 spiro atoms. The summed E-state index contributed by atoms with van der Waals surface area (Å²) in [4.78, 5) is 6.74. The van der Waals surface area contributed by atoms with Gasteiger partial charge in [-0.15, -0.1) is 0 Å². The van der Waals surface area contributed by atoms with Gasteiger partial charge in [0.1, 0.15) is 0 Å². The van der Waals surface area contributed by atoms with E-state index in [1.165, 1.54) is 18.4 Å². The number of benzene rings is 1. The summed E-state index contributed by atoms with van der Waals surface area (Å²) in [5.41, 5.74) is 0.591. The van der Waals surface area contributed by atoms with Crippen LogP contribution in [0, 0.1) is 0 Å². The maximum atomic E-state index is 12.2. The summed E-state index contributed by atoms with van der Waals surface area (Å²) in [5.74, 6) is 0. The Kier molecular flexibility index (Phi) is 5.66. The molecule has 1 heterocycles. The first kappa shape index (κ1) is 18.2. The molecular weight excluding hydrogens is 352 g/mol. The zero-order valence-corrected chi connectivity index (χ0v) is 15.9. The molecule has 1 aromatic carbocycles. The van der Waals surface area contributed by atoms with Crippen molar-refractivity contribution in [2.45, 2.75) is 17.1 Å². The lowest BCUT2D eigenvalue weighted by Gasteiger charge is -2.18. The molecule has 0 unspecified atom stereocenters. The first-order valence-corrected chi connectivity index (χ1v) is 9.75. The first-order chi connectivity index (χ1) is 10.8. The third-order valence-corrected chi connectivity index (χ3v) is 6.57. The van der Waals surface area contributed by atoms with Crippen LogP contribution in [0.15, 0.2) is 34.2 Å². The summed E-state index contributed by atoms with van der Waals surface area (Å²) in [5, 5.41) is 4.71. The van der Waals surface area contributed by atoms with Crippen molar-refractivity contribution >= 4 is 50.0 Å². The number of nitrogens with zero attached hydrogens (tertiary/aromatic N) is 3. The third kappa shape index (κ3) is 4.03. The predicted octanol–water partition coefficient (Wildman–Crippen LogP) is 1.87. The minimum Gasteiger partial charge on any atom is -0.365 e. The highest BCUT2D eigenvalue weighted by Crippen LogP contribution is 2.29. The van der Waals surface area contributed by atoms with Crippen LogP contribution in [0.5, 0.6) is 0 Å². The Bertz CT molecular complexity index is 731. The molecule has 1 fully saturated rings. The van der Waals surface area contributed by atoms with Gasteiger partial charge in [-0.2, -0.15) is 0 Å². The molecule has 0 radical (unpaired) electrons. The van der Waals surface area contributed by atoms with Gasteiger partial charge in [0.25, 0.3) is 0 Å². The Labute approximate surface area is 147 Å². The zero-order chi connectivity index (χ0) is 17.2. The van der Waals surface area contributed by atoms with E-state index in [9.17, 15) is 8.42 Å². The third-order valence-electron chi connectivity index (χ3n) is 3.26. The van der Waals surface area contributed by atoms with Gasteiger partial charge in [-0.05, 0) is 30.4 Å². The normalized spacial score (nSPS) is 20.3. The van der Waals surface area contributed by atoms with Crippen LogP contribution in [0.25, 0.3) is 0 Å². The molecular formula is C14H20N4O2S3. The Balaban J connectivity index is 2.38. The SMILES string of the molecule is CNC(=S)N1C[C@@H](C)SC1=Nc1cccc(S(=O)(=O)N(C)C)c1. The topological polar surface area (TPSA) is 65.0 Å². The number of sulfonamides is 1. The minimum atomic E-state index is -3.47. The van der Waals surface area contributed by atoms with Crippen molar-refractivity contribution in [1.29, 1.82) is 0 Å². The number of amidine groups is 1. The molecule has 1 aliphatic rings. The summed E-state index contributed by atoms with van der Waals surface area (Å²) in [6.07, 6.45) is 0. The Morgan fingerprint density at radius 3 is 2.78 bits per heavy atom. The Morgan fingerprint density at radius 1 is 1.48 bits per heavy atom. The Morgan fingerprint density at radius 2 is 2.17 bits per heavy atom. The van der Waals surface area contributed by atoms with Gasteiger partial charge in [-0.25, -0.2) is 17.7 Å². The number of aliphatic imine (C=N–C) groups is 1. The van der Waals surface area contributed by atoms with Gasteiger partial charge in [-0.1, -0.05) is 24.8 Å². The number of hydrogen-bond acceptors (Lipinski definition) is 5. The van der Waals surface area contributed by atoms with Crippen molar-refractivity contribution in [1.82, 2.24) is 14.5 Å². The highest BCUT2D eigenvalue weighted by molar-refractivity contribution is 8.14. The van der Waals surface area contributed by atoms with Gasteiger partial charge in [0.2, 0.25) is 10.0 Å². The molecule has 0 saturated carbocycles. The second-order valence-electron chi connectivity index (χ2n) is 5.27. The second-order valence-corrected chi connectivity index (χ2v) is 9.22. The molecule has 126 valence electrons. The molecule has 1 N–H and O–H groups in total. The quantitative estimate of drug-likeness (QED) is 0.817. The molecule has 0 amide bonds. The van der Waals surface area contributed by atoms with Crippen molar-refractivity contribution in [3.05, 3.63) is 24.3 Å². The average Bonchev–Trinajstić information content (AvgIpc) is 2.87. The molecule has 0 aromatic heterocycles. The van der Waals surface area contributed by atoms with Gasteiger partial charge in [0, 0.05) is 32.9 Å². The lowest BCUT2D eigenvalue weighted by atomic mass is 10.3.